The van der Waals surface area contributed by atoms with Gasteiger partial charge in [0, 0.05) is 12.1 Å². The second-order valence-corrected chi connectivity index (χ2v) is 6.31. The number of rotatable bonds is 8. The normalized spacial score (nSPS) is 11.5. The zero-order valence-electron chi connectivity index (χ0n) is 15.8. The summed E-state index contributed by atoms with van der Waals surface area (Å²) in [5.41, 5.74) is 1.09. The first-order valence-corrected chi connectivity index (χ1v) is 8.88. The van der Waals surface area contributed by atoms with Gasteiger partial charge in [0.15, 0.2) is 17.6 Å². The van der Waals surface area contributed by atoms with Crippen LogP contribution in [0.25, 0.3) is 0 Å². The van der Waals surface area contributed by atoms with E-state index in [1.807, 2.05) is 6.07 Å². The lowest BCUT2D eigenvalue weighted by Gasteiger charge is -2.15. The molecule has 150 valence electrons. The molecule has 1 atom stereocenters. The minimum atomic E-state index is -1.02. The number of ether oxygens (including phenoxy) is 3. The highest BCUT2D eigenvalue weighted by atomic mass is 35.5. The molecule has 8 heteroatoms. The number of anilines is 1. The van der Waals surface area contributed by atoms with Crippen molar-refractivity contribution in [3.63, 3.8) is 0 Å². The minimum Gasteiger partial charge on any atom is -0.493 e. The zero-order chi connectivity index (χ0) is 20.7. The summed E-state index contributed by atoms with van der Waals surface area (Å²) in [5.74, 6) is -0.553. The Morgan fingerprint density at radius 1 is 1.18 bits per heavy atom. The van der Waals surface area contributed by atoms with Crippen LogP contribution in [0.4, 0.5) is 10.1 Å². The maximum Gasteiger partial charge on any atom is 0.306 e. The van der Waals surface area contributed by atoms with E-state index in [0.717, 1.165) is 11.6 Å². The molecular formula is C20H21ClFNO5. The number of carbonyl (C=O) groups excluding carboxylic acids is 2. The lowest BCUT2D eigenvalue weighted by Crippen LogP contribution is -2.30. The Labute approximate surface area is 167 Å². The summed E-state index contributed by atoms with van der Waals surface area (Å²) >= 11 is 5.68. The molecule has 1 amide bonds. The Hall–Kier alpha value is -2.80. The van der Waals surface area contributed by atoms with Crippen molar-refractivity contribution in [2.45, 2.75) is 25.9 Å². The number of aryl methyl sites for hydroxylation is 1. The summed E-state index contributed by atoms with van der Waals surface area (Å²) in [4.78, 5) is 24.2. The van der Waals surface area contributed by atoms with Crippen LogP contribution in [0.15, 0.2) is 36.4 Å². The van der Waals surface area contributed by atoms with Crippen molar-refractivity contribution in [1.29, 1.82) is 0 Å². The van der Waals surface area contributed by atoms with Crippen LogP contribution in [0.1, 0.15) is 18.9 Å². The quantitative estimate of drug-likeness (QED) is 0.667. The topological polar surface area (TPSA) is 73.9 Å². The van der Waals surface area contributed by atoms with Gasteiger partial charge >= 0.3 is 5.97 Å². The first-order chi connectivity index (χ1) is 13.3. The predicted molar refractivity (Wildman–Crippen MR) is 103 cm³/mol. The number of nitrogens with one attached hydrogen (secondary N) is 1. The Bertz CT molecular complexity index is 858. The number of esters is 1. The summed E-state index contributed by atoms with van der Waals surface area (Å²) in [5, 5.41) is 2.40. The third-order valence-corrected chi connectivity index (χ3v) is 4.24. The van der Waals surface area contributed by atoms with E-state index in [0.29, 0.717) is 23.6 Å². The summed E-state index contributed by atoms with van der Waals surface area (Å²) in [6, 6.07) is 9.15. The van der Waals surface area contributed by atoms with E-state index in [2.05, 4.69) is 5.32 Å². The summed E-state index contributed by atoms with van der Waals surface area (Å²) in [6.07, 6.45) is -0.603. The lowest BCUT2D eigenvalue weighted by atomic mass is 10.1. The molecule has 0 aromatic heterocycles. The molecule has 2 rings (SSSR count). The maximum atomic E-state index is 13.2. The van der Waals surface area contributed by atoms with E-state index in [-0.39, 0.29) is 11.4 Å². The van der Waals surface area contributed by atoms with E-state index in [1.165, 1.54) is 33.3 Å². The lowest BCUT2D eigenvalue weighted by molar-refractivity contribution is -0.153. The maximum absolute atomic E-state index is 13.2. The first kappa shape index (κ1) is 21.5. The molecule has 6 nitrogen and oxygen atoms in total. The summed E-state index contributed by atoms with van der Waals surface area (Å²) < 4.78 is 28.9. The zero-order valence-corrected chi connectivity index (χ0v) is 16.5. The third-order valence-electron chi connectivity index (χ3n) is 3.95. The van der Waals surface area contributed by atoms with Gasteiger partial charge in [-0.05, 0) is 43.2 Å². The molecule has 1 N–H and O–H groups in total. The molecule has 2 aromatic carbocycles. The number of carbonyl (C=O) groups is 2. The Morgan fingerprint density at radius 3 is 2.57 bits per heavy atom. The van der Waals surface area contributed by atoms with Gasteiger partial charge < -0.3 is 19.5 Å². The van der Waals surface area contributed by atoms with Crippen molar-refractivity contribution in [1.82, 2.24) is 0 Å². The highest BCUT2D eigenvalue weighted by molar-refractivity contribution is 6.31. The molecule has 0 aliphatic carbocycles. The average Bonchev–Trinajstić information content (AvgIpc) is 2.68. The second kappa shape index (κ2) is 9.94. The number of amides is 1. The monoisotopic (exact) mass is 409 g/mol. The third kappa shape index (κ3) is 5.60. The van der Waals surface area contributed by atoms with Crippen molar-refractivity contribution in [3.8, 4) is 11.5 Å². The highest BCUT2D eigenvalue weighted by Gasteiger charge is 2.19. The minimum absolute atomic E-state index is 0.0591. The van der Waals surface area contributed by atoms with Crippen LogP contribution in [0, 0.1) is 5.82 Å². The second-order valence-electron chi connectivity index (χ2n) is 5.90. The van der Waals surface area contributed by atoms with Crippen LogP contribution in [0.5, 0.6) is 11.5 Å². The van der Waals surface area contributed by atoms with Gasteiger partial charge in [0.2, 0.25) is 0 Å². The van der Waals surface area contributed by atoms with Crippen LogP contribution in [-0.4, -0.2) is 32.2 Å². The molecule has 0 saturated heterocycles. The molecule has 0 fully saturated rings. The number of para-hydroxylation sites is 1. The molecule has 0 aliphatic heterocycles. The van der Waals surface area contributed by atoms with Crippen molar-refractivity contribution in [2.24, 2.45) is 0 Å². The molecule has 0 heterocycles. The number of hydrogen-bond donors (Lipinski definition) is 1. The largest absolute Gasteiger partial charge is 0.493 e. The van der Waals surface area contributed by atoms with Crippen LogP contribution in [0.2, 0.25) is 5.02 Å². The smallest absolute Gasteiger partial charge is 0.306 e. The predicted octanol–water partition coefficient (Wildman–Crippen LogP) is 4.00. The van der Waals surface area contributed by atoms with Gasteiger partial charge in [0.1, 0.15) is 5.82 Å². The van der Waals surface area contributed by atoms with Crippen LogP contribution < -0.4 is 14.8 Å². The van der Waals surface area contributed by atoms with Gasteiger partial charge in [-0.3, -0.25) is 9.59 Å². The summed E-state index contributed by atoms with van der Waals surface area (Å²) in [6.45, 7) is 1.45. The van der Waals surface area contributed by atoms with Gasteiger partial charge in [-0.1, -0.05) is 23.7 Å². The van der Waals surface area contributed by atoms with Crippen LogP contribution in [0.3, 0.4) is 0 Å². The van der Waals surface area contributed by atoms with E-state index < -0.39 is 23.8 Å². The van der Waals surface area contributed by atoms with Crippen molar-refractivity contribution >= 4 is 29.2 Å². The molecule has 0 unspecified atom stereocenters. The average molecular weight is 410 g/mol. The molecule has 0 saturated carbocycles. The van der Waals surface area contributed by atoms with Gasteiger partial charge in [-0.25, -0.2) is 4.39 Å². The molecule has 0 radical (unpaired) electrons. The van der Waals surface area contributed by atoms with Gasteiger partial charge in [-0.15, -0.1) is 0 Å². The Kier molecular flexibility index (Phi) is 7.63. The van der Waals surface area contributed by atoms with E-state index in [1.54, 1.807) is 12.1 Å². The molecule has 28 heavy (non-hydrogen) atoms. The first-order valence-electron chi connectivity index (χ1n) is 8.51. The van der Waals surface area contributed by atoms with E-state index in [9.17, 15) is 14.0 Å². The number of halogens is 2. The van der Waals surface area contributed by atoms with Crippen molar-refractivity contribution in [2.75, 3.05) is 19.5 Å². The fraction of sp³-hybridized carbons (Fsp3) is 0.300. The van der Waals surface area contributed by atoms with E-state index in [4.69, 9.17) is 25.8 Å². The number of methoxy groups -OCH3 is 2. The number of benzene rings is 2. The van der Waals surface area contributed by atoms with Gasteiger partial charge in [0.05, 0.1) is 19.2 Å². The summed E-state index contributed by atoms with van der Waals surface area (Å²) in [7, 11) is 3.05. The molecule has 2 aromatic rings. The molecule has 0 aliphatic rings. The van der Waals surface area contributed by atoms with Crippen LogP contribution in [-0.2, 0) is 20.7 Å². The molecule has 0 spiro atoms. The molecular weight excluding hydrogens is 389 g/mol. The Balaban J connectivity index is 1.90. The fourth-order valence-electron chi connectivity index (χ4n) is 2.51. The standard InChI is InChI=1S/C20H21ClFNO5/c1-12(20(25)23-14-8-9-16(22)15(21)11-14)28-18(24)10-7-13-5-4-6-17(26-2)19(13)27-3/h4-6,8-9,11-12H,7,10H2,1-3H3,(H,23,25)/t12-/m0/s1. The molecule has 0 bridgehead atoms. The number of hydrogen-bond acceptors (Lipinski definition) is 5. The van der Waals surface area contributed by atoms with E-state index >= 15 is 0 Å². The SMILES string of the molecule is COc1cccc(CCC(=O)O[C@@H](C)C(=O)Nc2ccc(F)c(Cl)c2)c1OC. The fourth-order valence-corrected chi connectivity index (χ4v) is 2.70. The highest BCUT2D eigenvalue weighted by Crippen LogP contribution is 2.31. The van der Waals surface area contributed by atoms with Crippen LogP contribution >= 0.6 is 11.6 Å². The van der Waals surface area contributed by atoms with Crippen molar-refractivity contribution in [3.05, 3.63) is 52.8 Å². The van der Waals surface area contributed by atoms with Crippen molar-refractivity contribution < 1.29 is 28.2 Å². The van der Waals surface area contributed by atoms with Gasteiger partial charge in [0.25, 0.3) is 5.91 Å². The Morgan fingerprint density at radius 2 is 1.93 bits per heavy atom. The van der Waals surface area contributed by atoms with Gasteiger partial charge in [-0.2, -0.15) is 0 Å².